The number of primary amides is 1. The monoisotopic (exact) mass is 326 g/mol. The van der Waals surface area contributed by atoms with E-state index in [1.165, 1.54) is 11.8 Å². The van der Waals surface area contributed by atoms with E-state index in [9.17, 15) is 4.79 Å². The van der Waals surface area contributed by atoms with Gasteiger partial charge in [-0.25, -0.2) is 4.98 Å². The molecular formula is C11H11BrN4OS. The second kappa shape index (κ2) is 5.53. The van der Waals surface area contributed by atoms with Crippen molar-refractivity contribution < 1.29 is 4.79 Å². The normalized spacial score (nSPS) is 12.3. The lowest BCUT2D eigenvalue weighted by atomic mass is 10.2. The van der Waals surface area contributed by atoms with Gasteiger partial charge >= 0.3 is 0 Å². The van der Waals surface area contributed by atoms with Gasteiger partial charge in [0.15, 0.2) is 5.82 Å². The molecule has 94 valence electrons. The molecular weight excluding hydrogens is 316 g/mol. The number of nitrogens with zero attached hydrogens (tertiary/aromatic N) is 2. The summed E-state index contributed by atoms with van der Waals surface area (Å²) >= 11 is 4.68. The van der Waals surface area contributed by atoms with Crippen LogP contribution in [0.15, 0.2) is 33.9 Å². The molecule has 18 heavy (non-hydrogen) atoms. The van der Waals surface area contributed by atoms with E-state index >= 15 is 0 Å². The van der Waals surface area contributed by atoms with E-state index in [0.717, 1.165) is 10.0 Å². The first-order chi connectivity index (χ1) is 8.58. The Kier molecular flexibility index (Phi) is 4.03. The lowest BCUT2D eigenvalue weighted by Gasteiger charge is -2.01. The molecule has 0 aliphatic carbocycles. The summed E-state index contributed by atoms with van der Waals surface area (Å²) in [6.45, 7) is 1.72. The lowest BCUT2D eigenvalue weighted by molar-refractivity contribution is -0.117. The first-order valence-electron chi connectivity index (χ1n) is 5.21. The van der Waals surface area contributed by atoms with Crippen molar-refractivity contribution in [2.45, 2.75) is 17.3 Å². The zero-order valence-corrected chi connectivity index (χ0v) is 12.0. The molecule has 0 bridgehead atoms. The molecule has 0 fully saturated rings. The molecule has 1 aromatic carbocycles. The van der Waals surface area contributed by atoms with Crippen LogP contribution in [0.1, 0.15) is 6.92 Å². The van der Waals surface area contributed by atoms with Crippen molar-refractivity contribution in [1.29, 1.82) is 0 Å². The Morgan fingerprint density at radius 1 is 1.50 bits per heavy atom. The highest BCUT2D eigenvalue weighted by molar-refractivity contribution is 9.10. The largest absolute Gasteiger partial charge is 0.369 e. The summed E-state index contributed by atoms with van der Waals surface area (Å²) in [5.74, 6) is 0.272. The van der Waals surface area contributed by atoms with Crippen molar-refractivity contribution in [3.05, 3.63) is 28.7 Å². The fourth-order valence-electron chi connectivity index (χ4n) is 1.29. The highest BCUT2D eigenvalue weighted by Crippen LogP contribution is 2.27. The third-order valence-corrected chi connectivity index (χ3v) is 3.95. The van der Waals surface area contributed by atoms with Crippen molar-refractivity contribution in [2.24, 2.45) is 5.73 Å². The average Bonchev–Trinajstić information content (AvgIpc) is 2.77. The van der Waals surface area contributed by atoms with Crippen LogP contribution in [0.3, 0.4) is 0 Å². The van der Waals surface area contributed by atoms with Crippen LogP contribution >= 0.6 is 27.7 Å². The number of carbonyl (C=O) groups is 1. The van der Waals surface area contributed by atoms with Gasteiger partial charge in [0.2, 0.25) is 11.1 Å². The van der Waals surface area contributed by atoms with Crippen LogP contribution in [-0.4, -0.2) is 26.3 Å². The van der Waals surface area contributed by atoms with Gasteiger partial charge < -0.3 is 5.73 Å². The lowest BCUT2D eigenvalue weighted by Crippen LogP contribution is -2.22. The minimum absolute atomic E-state index is 0.354. The Balaban J connectivity index is 2.21. The third-order valence-electron chi connectivity index (χ3n) is 2.28. The Bertz CT molecular complexity index is 572. The number of nitrogens with one attached hydrogen (secondary N) is 1. The van der Waals surface area contributed by atoms with Crippen molar-refractivity contribution >= 4 is 33.6 Å². The van der Waals surface area contributed by atoms with Gasteiger partial charge in [-0.05, 0) is 13.0 Å². The van der Waals surface area contributed by atoms with Gasteiger partial charge in [-0.2, -0.15) is 0 Å². The summed E-state index contributed by atoms with van der Waals surface area (Å²) in [6.07, 6.45) is 0. The number of carbonyl (C=O) groups excluding carboxylic acids is 1. The number of rotatable bonds is 4. The number of aromatic amines is 1. The molecule has 5 nitrogen and oxygen atoms in total. The van der Waals surface area contributed by atoms with E-state index < -0.39 is 0 Å². The summed E-state index contributed by atoms with van der Waals surface area (Å²) in [5.41, 5.74) is 6.11. The molecule has 1 aromatic heterocycles. The van der Waals surface area contributed by atoms with E-state index in [4.69, 9.17) is 5.73 Å². The third kappa shape index (κ3) is 2.91. The molecule has 0 spiro atoms. The van der Waals surface area contributed by atoms with Crippen LogP contribution < -0.4 is 5.73 Å². The van der Waals surface area contributed by atoms with Crippen molar-refractivity contribution in [3.63, 3.8) is 0 Å². The van der Waals surface area contributed by atoms with Crippen molar-refractivity contribution in [2.75, 3.05) is 0 Å². The molecule has 0 aliphatic heterocycles. The van der Waals surface area contributed by atoms with Crippen molar-refractivity contribution in [3.8, 4) is 11.4 Å². The van der Waals surface area contributed by atoms with Gasteiger partial charge in [-0.15, -0.1) is 5.10 Å². The fourth-order valence-corrected chi connectivity index (χ4v) is 2.44. The Morgan fingerprint density at radius 2 is 2.22 bits per heavy atom. The Labute approximate surface area is 117 Å². The number of H-pyrrole nitrogens is 1. The van der Waals surface area contributed by atoms with Crippen LogP contribution in [0, 0.1) is 0 Å². The number of thioether (sulfide) groups is 1. The molecule has 7 heteroatoms. The number of amides is 1. The highest BCUT2D eigenvalue weighted by Gasteiger charge is 2.15. The van der Waals surface area contributed by atoms with E-state index in [1.54, 1.807) is 6.92 Å². The molecule has 0 saturated heterocycles. The number of hydrogen-bond acceptors (Lipinski definition) is 4. The molecule has 1 atom stereocenters. The van der Waals surface area contributed by atoms with E-state index in [0.29, 0.717) is 11.0 Å². The minimum Gasteiger partial charge on any atom is -0.369 e. The first kappa shape index (κ1) is 13.1. The van der Waals surface area contributed by atoms with E-state index in [1.807, 2.05) is 24.3 Å². The number of nitrogens with two attached hydrogens (primary N) is 1. The zero-order valence-electron chi connectivity index (χ0n) is 9.55. The van der Waals surface area contributed by atoms with Crippen LogP contribution in [0.25, 0.3) is 11.4 Å². The minimum atomic E-state index is -0.382. The van der Waals surface area contributed by atoms with Crippen molar-refractivity contribution in [1.82, 2.24) is 15.2 Å². The van der Waals surface area contributed by atoms with Crippen LogP contribution in [0.2, 0.25) is 0 Å². The molecule has 3 N–H and O–H groups in total. The summed E-state index contributed by atoms with van der Waals surface area (Å²) in [4.78, 5) is 15.3. The number of hydrogen-bond donors (Lipinski definition) is 2. The Morgan fingerprint density at radius 3 is 2.89 bits per heavy atom. The smallest absolute Gasteiger partial charge is 0.230 e. The fraction of sp³-hybridized carbons (Fsp3) is 0.182. The maximum absolute atomic E-state index is 11.0. The summed E-state index contributed by atoms with van der Waals surface area (Å²) in [6, 6.07) is 7.70. The SMILES string of the molecule is C[C@@H](Sc1n[nH]c(-c2ccccc2Br)n1)C(N)=O. The van der Waals surface area contributed by atoms with Gasteiger partial charge in [-0.1, -0.05) is 45.9 Å². The molecule has 1 heterocycles. The molecule has 0 saturated carbocycles. The maximum Gasteiger partial charge on any atom is 0.230 e. The quantitative estimate of drug-likeness (QED) is 0.843. The number of aromatic nitrogens is 3. The second-order valence-corrected chi connectivity index (χ2v) is 5.77. The molecule has 0 aliphatic rings. The molecule has 2 rings (SSSR count). The number of halogens is 1. The molecule has 0 unspecified atom stereocenters. The highest BCUT2D eigenvalue weighted by atomic mass is 79.9. The second-order valence-electron chi connectivity index (χ2n) is 3.61. The first-order valence-corrected chi connectivity index (χ1v) is 6.88. The maximum atomic E-state index is 11.0. The zero-order chi connectivity index (χ0) is 13.1. The molecule has 2 aromatic rings. The predicted molar refractivity (Wildman–Crippen MR) is 74.0 cm³/mol. The Hall–Kier alpha value is -1.34. The van der Waals surface area contributed by atoms with Gasteiger partial charge in [0.1, 0.15) is 0 Å². The van der Waals surface area contributed by atoms with Crippen LogP contribution in [-0.2, 0) is 4.79 Å². The van der Waals surface area contributed by atoms with Crippen LogP contribution in [0.5, 0.6) is 0 Å². The number of benzene rings is 1. The van der Waals surface area contributed by atoms with Gasteiger partial charge in [0.05, 0.1) is 5.25 Å². The van der Waals surface area contributed by atoms with E-state index in [2.05, 4.69) is 31.1 Å². The topological polar surface area (TPSA) is 84.7 Å². The van der Waals surface area contributed by atoms with Gasteiger partial charge in [0, 0.05) is 10.0 Å². The van der Waals surface area contributed by atoms with Gasteiger partial charge in [-0.3, -0.25) is 9.89 Å². The standard InChI is InChI=1S/C11H11BrN4OS/c1-6(9(13)17)18-11-14-10(15-16-11)7-4-2-3-5-8(7)12/h2-6H,1H3,(H2,13,17)(H,14,15,16)/t6-/m1/s1. The summed E-state index contributed by atoms with van der Waals surface area (Å²) in [7, 11) is 0. The summed E-state index contributed by atoms with van der Waals surface area (Å²) < 4.78 is 0.931. The summed E-state index contributed by atoms with van der Waals surface area (Å²) in [5, 5.41) is 7.05. The predicted octanol–water partition coefficient (Wildman–Crippen LogP) is 2.20. The van der Waals surface area contributed by atoms with E-state index in [-0.39, 0.29) is 11.2 Å². The van der Waals surface area contributed by atoms with Crippen LogP contribution in [0.4, 0.5) is 0 Å². The van der Waals surface area contributed by atoms with Gasteiger partial charge in [0.25, 0.3) is 0 Å². The molecule has 0 radical (unpaired) electrons. The molecule has 1 amide bonds. The average molecular weight is 327 g/mol.